The van der Waals surface area contributed by atoms with E-state index in [0.29, 0.717) is 18.3 Å². The Balaban J connectivity index is 1.65. The number of nitrogens with one attached hydrogen (secondary N) is 3. The molecule has 1 atom stereocenters. The molecule has 1 aliphatic heterocycles. The van der Waals surface area contributed by atoms with Crippen LogP contribution in [0, 0.1) is 11.6 Å². The van der Waals surface area contributed by atoms with Gasteiger partial charge in [-0.05, 0) is 31.4 Å². The second-order valence-electron chi connectivity index (χ2n) is 6.61. The predicted octanol–water partition coefficient (Wildman–Crippen LogP) is 0.976. The van der Waals surface area contributed by atoms with Gasteiger partial charge in [0.15, 0.2) is 0 Å². The molecular weight excluding hydrogens is 330 g/mol. The predicted molar refractivity (Wildman–Crippen MR) is 89.0 cm³/mol. The minimum absolute atomic E-state index is 0.0779. The number of carbonyl (C=O) groups is 2. The van der Waals surface area contributed by atoms with E-state index in [1.54, 1.807) is 0 Å². The van der Waals surface area contributed by atoms with Crippen molar-refractivity contribution in [3.05, 3.63) is 29.3 Å². The number of nitrogens with two attached hydrogens (primary N) is 1. The van der Waals surface area contributed by atoms with Crippen LogP contribution >= 0.6 is 0 Å². The van der Waals surface area contributed by atoms with Crippen LogP contribution < -0.4 is 21.7 Å². The number of amides is 2. The molecule has 5 N–H and O–H groups in total. The Bertz CT molecular complexity index is 654. The number of imide groups is 1. The number of benzene rings is 1. The molecule has 0 bridgehead atoms. The number of rotatable bonds is 6. The fourth-order valence-corrected chi connectivity index (χ4v) is 3.40. The first kappa shape index (κ1) is 17.8. The summed E-state index contributed by atoms with van der Waals surface area (Å²) < 4.78 is 28.8. The summed E-state index contributed by atoms with van der Waals surface area (Å²) in [6, 6.07) is 2.94. The molecule has 2 fully saturated rings. The van der Waals surface area contributed by atoms with Crippen LogP contribution in [0.1, 0.15) is 37.2 Å². The third-order valence-electron chi connectivity index (χ3n) is 4.75. The molecule has 1 aliphatic carbocycles. The SMILES string of the molecule is NCCN[C@H]1C[C@H](Nc2cc(F)c(C3CCC(=O)NC3=O)c(F)c2)C1. The number of hydrogen-bond donors (Lipinski definition) is 4. The fraction of sp³-hybridized carbons (Fsp3) is 0.529. The molecule has 0 aromatic heterocycles. The normalized spacial score (nSPS) is 26.1. The highest BCUT2D eigenvalue weighted by molar-refractivity contribution is 6.01. The van der Waals surface area contributed by atoms with E-state index in [-0.39, 0.29) is 24.4 Å². The molecule has 1 saturated heterocycles. The summed E-state index contributed by atoms with van der Waals surface area (Å²) in [5, 5.41) is 8.52. The molecule has 1 unspecified atom stereocenters. The minimum atomic E-state index is -0.972. The van der Waals surface area contributed by atoms with Gasteiger partial charge in [-0.3, -0.25) is 14.9 Å². The lowest BCUT2D eigenvalue weighted by Gasteiger charge is -2.37. The van der Waals surface area contributed by atoms with Crippen molar-refractivity contribution in [3.8, 4) is 0 Å². The number of anilines is 1. The van der Waals surface area contributed by atoms with Crippen molar-refractivity contribution in [2.75, 3.05) is 18.4 Å². The number of carbonyl (C=O) groups excluding carboxylic acids is 2. The molecule has 1 aromatic rings. The van der Waals surface area contributed by atoms with E-state index in [2.05, 4.69) is 16.0 Å². The topological polar surface area (TPSA) is 96.2 Å². The fourth-order valence-electron chi connectivity index (χ4n) is 3.40. The Kier molecular flexibility index (Phi) is 5.29. The van der Waals surface area contributed by atoms with Gasteiger partial charge in [0.05, 0.1) is 5.92 Å². The summed E-state index contributed by atoms with van der Waals surface area (Å²) in [5.74, 6) is -3.57. The highest BCUT2D eigenvalue weighted by Crippen LogP contribution is 2.32. The summed E-state index contributed by atoms with van der Waals surface area (Å²) in [6.07, 6.45) is 1.91. The van der Waals surface area contributed by atoms with Crippen LogP contribution in [0.5, 0.6) is 0 Å². The maximum Gasteiger partial charge on any atom is 0.234 e. The van der Waals surface area contributed by atoms with Crippen LogP contribution in [0.2, 0.25) is 0 Å². The van der Waals surface area contributed by atoms with E-state index < -0.39 is 29.4 Å². The first-order valence-electron chi connectivity index (χ1n) is 8.50. The maximum atomic E-state index is 14.4. The van der Waals surface area contributed by atoms with Crippen molar-refractivity contribution in [1.82, 2.24) is 10.6 Å². The van der Waals surface area contributed by atoms with Crippen LogP contribution in [-0.2, 0) is 9.59 Å². The Morgan fingerprint density at radius 1 is 1.16 bits per heavy atom. The van der Waals surface area contributed by atoms with Crippen molar-refractivity contribution in [2.24, 2.45) is 5.73 Å². The zero-order chi connectivity index (χ0) is 18.0. The summed E-state index contributed by atoms with van der Waals surface area (Å²) in [7, 11) is 0. The summed E-state index contributed by atoms with van der Waals surface area (Å²) in [5.41, 5.74) is 5.51. The molecule has 1 saturated carbocycles. The van der Waals surface area contributed by atoms with Crippen molar-refractivity contribution in [1.29, 1.82) is 0 Å². The molecule has 0 radical (unpaired) electrons. The van der Waals surface area contributed by atoms with Gasteiger partial charge in [-0.1, -0.05) is 0 Å². The monoisotopic (exact) mass is 352 g/mol. The Morgan fingerprint density at radius 2 is 1.84 bits per heavy atom. The first-order chi connectivity index (χ1) is 12.0. The van der Waals surface area contributed by atoms with Gasteiger partial charge in [0, 0.05) is 42.8 Å². The third kappa shape index (κ3) is 3.96. The highest BCUT2D eigenvalue weighted by Gasteiger charge is 2.33. The number of piperidine rings is 1. The Hall–Kier alpha value is -2.06. The van der Waals surface area contributed by atoms with E-state index in [0.717, 1.165) is 19.4 Å². The average Bonchev–Trinajstić information content (AvgIpc) is 2.50. The van der Waals surface area contributed by atoms with E-state index in [9.17, 15) is 18.4 Å². The summed E-state index contributed by atoms with van der Waals surface area (Å²) >= 11 is 0. The first-order valence-corrected chi connectivity index (χ1v) is 8.50. The molecule has 6 nitrogen and oxygen atoms in total. The quantitative estimate of drug-likeness (QED) is 0.572. The molecule has 1 aromatic carbocycles. The maximum absolute atomic E-state index is 14.4. The van der Waals surface area contributed by atoms with Crippen molar-refractivity contribution in [2.45, 2.75) is 43.7 Å². The lowest BCUT2D eigenvalue weighted by molar-refractivity contribution is -0.134. The molecule has 2 amide bonds. The lowest BCUT2D eigenvalue weighted by atomic mass is 9.86. The summed E-state index contributed by atoms with van der Waals surface area (Å²) in [4.78, 5) is 23.0. The van der Waals surface area contributed by atoms with Crippen molar-refractivity contribution < 1.29 is 18.4 Å². The molecule has 3 rings (SSSR count). The van der Waals surface area contributed by atoms with Crippen LogP contribution in [-0.4, -0.2) is 37.0 Å². The molecule has 2 aliphatic rings. The lowest BCUT2D eigenvalue weighted by Crippen LogP contribution is -2.48. The van der Waals surface area contributed by atoms with Crippen LogP contribution in [0.3, 0.4) is 0 Å². The van der Waals surface area contributed by atoms with Gasteiger partial charge in [-0.25, -0.2) is 8.78 Å². The number of hydrogen-bond acceptors (Lipinski definition) is 5. The van der Waals surface area contributed by atoms with E-state index in [4.69, 9.17) is 5.73 Å². The molecule has 1 heterocycles. The van der Waals surface area contributed by atoms with Crippen LogP contribution in [0.15, 0.2) is 12.1 Å². The van der Waals surface area contributed by atoms with Crippen molar-refractivity contribution >= 4 is 17.5 Å². The standard InChI is InChI=1S/C17H22F2N4O2/c18-13-7-11(22-10-5-9(6-10)21-4-3-20)8-14(19)16(13)12-1-2-15(24)23-17(12)25/h7-10,12,21-22H,1-6,20H2,(H,23,24,25)/t9-,10-,12?. The van der Waals surface area contributed by atoms with Crippen LogP contribution in [0.25, 0.3) is 0 Å². The Morgan fingerprint density at radius 3 is 2.44 bits per heavy atom. The number of halogens is 2. The summed E-state index contributed by atoms with van der Waals surface area (Å²) in [6.45, 7) is 1.33. The molecule has 0 spiro atoms. The van der Waals surface area contributed by atoms with E-state index >= 15 is 0 Å². The minimum Gasteiger partial charge on any atom is -0.382 e. The van der Waals surface area contributed by atoms with Gasteiger partial charge in [0.2, 0.25) is 11.8 Å². The molecular formula is C17H22F2N4O2. The highest BCUT2D eigenvalue weighted by atomic mass is 19.1. The van der Waals surface area contributed by atoms with Gasteiger partial charge < -0.3 is 16.4 Å². The molecule has 8 heteroatoms. The second kappa shape index (κ2) is 7.45. The van der Waals surface area contributed by atoms with Crippen LogP contribution in [0.4, 0.5) is 14.5 Å². The average molecular weight is 352 g/mol. The van der Waals surface area contributed by atoms with Gasteiger partial charge in [0.25, 0.3) is 0 Å². The molecule has 136 valence electrons. The third-order valence-corrected chi connectivity index (χ3v) is 4.75. The Labute approximate surface area is 144 Å². The van der Waals surface area contributed by atoms with Gasteiger partial charge in [0.1, 0.15) is 11.6 Å². The van der Waals surface area contributed by atoms with Gasteiger partial charge in [-0.15, -0.1) is 0 Å². The second-order valence-corrected chi connectivity index (χ2v) is 6.61. The zero-order valence-corrected chi connectivity index (χ0v) is 13.8. The smallest absolute Gasteiger partial charge is 0.234 e. The van der Waals surface area contributed by atoms with Gasteiger partial charge >= 0.3 is 0 Å². The van der Waals surface area contributed by atoms with E-state index in [1.807, 2.05) is 0 Å². The molecule has 25 heavy (non-hydrogen) atoms. The zero-order valence-electron chi connectivity index (χ0n) is 13.8. The largest absolute Gasteiger partial charge is 0.382 e. The van der Waals surface area contributed by atoms with E-state index in [1.165, 1.54) is 12.1 Å². The van der Waals surface area contributed by atoms with Gasteiger partial charge in [-0.2, -0.15) is 0 Å². The van der Waals surface area contributed by atoms with Crippen molar-refractivity contribution in [3.63, 3.8) is 0 Å².